The van der Waals surface area contributed by atoms with Crippen LogP contribution in [0.4, 0.5) is 0 Å². The molecule has 1 saturated carbocycles. The number of benzene rings is 1. The normalized spacial score (nSPS) is 21.8. The van der Waals surface area contributed by atoms with E-state index in [1.807, 2.05) is 19.1 Å². The van der Waals surface area contributed by atoms with Gasteiger partial charge in [0, 0.05) is 29.4 Å². The van der Waals surface area contributed by atoms with Crippen molar-refractivity contribution in [2.24, 2.45) is 11.8 Å². The summed E-state index contributed by atoms with van der Waals surface area (Å²) in [6, 6.07) is 7.74. The van der Waals surface area contributed by atoms with E-state index in [0.717, 1.165) is 35.1 Å². The number of likely N-dealkylation sites (N-methyl/N-ethyl adjacent to an activating group) is 1. The molecule has 6 nitrogen and oxygen atoms in total. The van der Waals surface area contributed by atoms with Crippen molar-refractivity contribution in [2.75, 3.05) is 13.7 Å². The minimum Gasteiger partial charge on any atom is -0.491 e. The molecule has 2 heterocycles. The number of nitrogens with zero attached hydrogens (tertiary/aromatic N) is 2. The molecule has 1 aliphatic heterocycles. The molecule has 148 valence electrons. The van der Waals surface area contributed by atoms with E-state index in [0.29, 0.717) is 12.5 Å². The molecule has 0 spiro atoms. The highest BCUT2D eigenvalue weighted by molar-refractivity contribution is 6.05. The van der Waals surface area contributed by atoms with Gasteiger partial charge in [-0.15, -0.1) is 0 Å². The fourth-order valence-corrected chi connectivity index (χ4v) is 4.59. The molecule has 2 atom stereocenters. The molecule has 1 aromatic heterocycles. The molecule has 2 N–H and O–H groups in total. The molecule has 2 fully saturated rings. The Balaban J connectivity index is 1.59. The van der Waals surface area contributed by atoms with E-state index in [9.17, 15) is 4.79 Å². The van der Waals surface area contributed by atoms with E-state index in [-0.39, 0.29) is 23.8 Å². The zero-order chi connectivity index (χ0) is 19.7. The Kier molecular flexibility index (Phi) is 5.20. The second-order valence-corrected chi connectivity index (χ2v) is 7.99. The summed E-state index contributed by atoms with van der Waals surface area (Å²) in [5, 5.41) is 13.2. The molecule has 6 heteroatoms. The zero-order valence-electron chi connectivity index (χ0n) is 16.6. The number of rotatable bonds is 5. The molecule has 1 aliphatic carbocycles. The highest BCUT2D eigenvalue weighted by Crippen LogP contribution is 2.35. The highest BCUT2D eigenvalue weighted by atomic mass is 16.5. The van der Waals surface area contributed by atoms with Gasteiger partial charge in [-0.25, -0.2) is 0 Å². The number of hydrogen-bond donors (Lipinski definition) is 2. The lowest BCUT2D eigenvalue weighted by molar-refractivity contribution is -0.128. The van der Waals surface area contributed by atoms with Gasteiger partial charge in [-0.05, 0) is 25.7 Å². The Morgan fingerprint density at radius 1 is 1.25 bits per heavy atom. The van der Waals surface area contributed by atoms with E-state index in [4.69, 9.17) is 10.1 Å². The standard InChI is InChI=1S/C22H28N4O2/c1-14-16-10-6-7-11-17(16)19(12-24-14)28-13-18(15-8-4-3-5-9-15)20-21(27)26(2)22(23)25-20/h6-7,10-12,15,18,20H,3-5,8-9,13H2,1-2H3,(H2,23,25)/t18-,20+/m0/s1. The number of guanidine groups is 1. The number of ether oxygens (including phenoxy) is 1. The minimum absolute atomic E-state index is 0.0314. The molecule has 1 saturated heterocycles. The molecular weight excluding hydrogens is 352 g/mol. The SMILES string of the molecule is Cc1ncc(OC[C@@H](C2CCCCC2)[C@H]2NC(=N)N(C)C2=O)c2ccccc12. The fraction of sp³-hybridized carbons (Fsp3) is 0.500. The van der Waals surface area contributed by atoms with E-state index in [2.05, 4.69) is 22.4 Å². The monoisotopic (exact) mass is 380 g/mol. The number of carbonyl (C=O) groups excluding carboxylic acids is 1. The van der Waals surface area contributed by atoms with E-state index in [1.54, 1.807) is 13.2 Å². The largest absolute Gasteiger partial charge is 0.491 e. The van der Waals surface area contributed by atoms with Crippen molar-refractivity contribution in [1.82, 2.24) is 15.2 Å². The second-order valence-electron chi connectivity index (χ2n) is 7.99. The first kappa shape index (κ1) is 18.7. The first-order chi connectivity index (χ1) is 13.6. The molecule has 4 rings (SSSR count). The third-order valence-corrected chi connectivity index (χ3v) is 6.30. The number of amides is 1. The number of carbonyl (C=O) groups is 1. The summed E-state index contributed by atoms with van der Waals surface area (Å²) in [6.45, 7) is 2.45. The lowest BCUT2D eigenvalue weighted by Crippen LogP contribution is -2.44. The van der Waals surface area contributed by atoms with Gasteiger partial charge in [0.15, 0.2) is 5.96 Å². The number of hydrogen-bond acceptors (Lipinski definition) is 4. The van der Waals surface area contributed by atoms with Gasteiger partial charge >= 0.3 is 0 Å². The van der Waals surface area contributed by atoms with Crippen molar-refractivity contribution < 1.29 is 9.53 Å². The van der Waals surface area contributed by atoms with Crippen molar-refractivity contribution in [3.63, 3.8) is 0 Å². The Labute approximate surface area is 165 Å². The number of aryl methyl sites for hydroxylation is 1. The number of aromatic nitrogens is 1. The van der Waals surface area contributed by atoms with Gasteiger partial charge in [0.05, 0.1) is 12.8 Å². The molecule has 2 aliphatic rings. The van der Waals surface area contributed by atoms with Crippen LogP contribution in [0, 0.1) is 24.2 Å². The van der Waals surface area contributed by atoms with Crippen LogP contribution in [0.2, 0.25) is 0 Å². The predicted molar refractivity (Wildman–Crippen MR) is 109 cm³/mol. The van der Waals surface area contributed by atoms with Gasteiger partial charge in [-0.1, -0.05) is 43.5 Å². The fourth-order valence-electron chi connectivity index (χ4n) is 4.59. The first-order valence-electron chi connectivity index (χ1n) is 10.2. The van der Waals surface area contributed by atoms with Crippen LogP contribution in [0.25, 0.3) is 10.8 Å². The lowest BCUT2D eigenvalue weighted by Gasteiger charge is -2.33. The molecule has 1 amide bonds. The van der Waals surface area contributed by atoms with Crippen molar-refractivity contribution >= 4 is 22.6 Å². The Morgan fingerprint density at radius 3 is 2.64 bits per heavy atom. The van der Waals surface area contributed by atoms with Crippen molar-refractivity contribution in [1.29, 1.82) is 5.41 Å². The molecule has 28 heavy (non-hydrogen) atoms. The van der Waals surface area contributed by atoms with Gasteiger partial charge < -0.3 is 10.1 Å². The average Bonchev–Trinajstić information content (AvgIpc) is 2.98. The Hall–Kier alpha value is -2.63. The predicted octanol–water partition coefficient (Wildman–Crippen LogP) is 3.48. The summed E-state index contributed by atoms with van der Waals surface area (Å²) in [4.78, 5) is 18.6. The van der Waals surface area contributed by atoms with Crippen molar-refractivity contribution in [3.8, 4) is 5.75 Å². The summed E-state index contributed by atoms with van der Waals surface area (Å²) >= 11 is 0. The molecule has 1 aromatic carbocycles. The maximum absolute atomic E-state index is 12.7. The minimum atomic E-state index is -0.384. The summed E-state index contributed by atoms with van der Waals surface area (Å²) < 4.78 is 6.28. The smallest absolute Gasteiger partial charge is 0.252 e. The Bertz CT molecular complexity index is 891. The molecule has 2 aromatic rings. The number of pyridine rings is 1. The van der Waals surface area contributed by atoms with E-state index < -0.39 is 0 Å². The third-order valence-electron chi connectivity index (χ3n) is 6.30. The van der Waals surface area contributed by atoms with Crippen LogP contribution in [-0.4, -0.2) is 41.4 Å². The molecule has 0 radical (unpaired) electrons. The number of fused-ring (bicyclic) bond motifs is 1. The molecule has 0 unspecified atom stereocenters. The Morgan fingerprint density at radius 2 is 1.96 bits per heavy atom. The van der Waals surface area contributed by atoms with Crippen LogP contribution >= 0.6 is 0 Å². The summed E-state index contributed by atoms with van der Waals surface area (Å²) in [6.07, 6.45) is 7.67. The summed E-state index contributed by atoms with van der Waals surface area (Å²) in [7, 11) is 1.66. The van der Waals surface area contributed by atoms with Crippen molar-refractivity contribution in [2.45, 2.75) is 45.1 Å². The summed E-state index contributed by atoms with van der Waals surface area (Å²) in [5.74, 6) is 1.38. The third kappa shape index (κ3) is 3.43. The van der Waals surface area contributed by atoms with Gasteiger partial charge in [0.2, 0.25) is 0 Å². The molecular formula is C22H28N4O2. The van der Waals surface area contributed by atoms with E-state index >= 15 is 0 Å². The van der Waals surface area contributed by atoms with Crippen molar-refractivity contribution in [3.05, 3.63) is 36.2 Å². The van der Waals surface area contributed by atoms with Gasteiger partial charge in [-0.2, -0.15) is 0 Å². The van der Waals surface area contributed by atoms with E-state index in [1.165, 1.54) is 24.2 Å². The van der Waals surface area contributed by atoms with Crippen LogP contribution in [0.3, 0.4) is 0 Å². The topological polar surface area (TPSA) is 78.3 Å². The average molecular weight is 380 g/mol. The number of nitrogens with one attached hydrogen (secondary N) is 2. The molecule has 0 bridgehead atoms. The maximum Gasteiger partial charge on any atom is 0.252 e. The van der Waals surface area contributed by atoms with Crippen LogP contribution in [0.5, 0.6) is 5.75 Å². The van der Waals surface area contributed by atoms with Gasteiger partial charge in [-0.3, -0.25) is 20.1 Å². The lowest BCUT2D eigenvalue weighted by atomic mass is 9.77. The van der Waals surface area contributed by atoms with Crippen LogP contribution < -0.4 is 10.1 Å². The van der Waals surface area contributed by atoms with Crippen LogP contribution in [0.1, 0.15) is 37.8 Å². The van der Waals surface area contributed by atoms with Gasteiger partial charge in [0.1, 0.15) is 11.8 Å². The quantitative estimate of drug-likeness (QED) is 0.832. The summed E-state index contributed by atoms with van der Waals surface area (Å²) in [5.41, 5.74) is 0.981. The van der Waals surface area contributed by atoms with Crippen LogP contribution in [-0.2, 0) is 4.79 Å². The second kappa shape index (κ2) is 7.78. The van der Waals surface area contributed by atoms with Crippen LogP contribution in [0.15, 0.2) is 30.5 Å². The first-order valence-corrected chi connectivity index (χ1v) is 10.2. The zero-order valence-corrected chi connectivity index (χ0v) is 16.6. The maximum atomic E-state index is 12.7. The van der Waals surface area contributed by atoms with Gasteiger partial charge in [0.25, 0.3) is 5.91 Å². The highest BCUT2D eigenvalue weighted by Gasteiger charge is 2.42.